The van der Waals surface area contributed by atoms with Crippen molar-refractivity contribution in [3.63, 3.8) is 0 Å². The first kappa shape index (κ1) is 18.8. The molecule has 0 saturated carbocycles. The van der Waals surface area contributed by atoms with Crippen molar-refractivity contribution in [2.75, 3.05) is 39.3 Å². The molecular formula is C21H29F2N3O. The second-order valence-electron chi connectivity index (χ2n) is 8.34. The van der Waals surface area contributed by atoms with Gasteiger partial charge < -0.3 is 9.80 Å². The molecule has 6 heteroatoms. The van der Waals surface area contributed by atoms with Gasteiger partial charge in [-0.1, -0.05) is 6.07 Å². The molecule has 4 rings (SSSR count). The number of nitrogens with zero attached hydrogens (tertiary/aromatic N) is 3. The van der Waals surface area contributed by atoms with Gasteiger partial charge in [0.05, 0.1) is 0 Å². The molecule has 1 aromatic rings. The van der Waals surface area contributed by atoms with Crippen LogP contribution in [0.4, 0.5) is 8.78 Å². The number of piperidine rings is 1. The van der Waals surface area contributed by atoms with Crippen molar-refractivity contribution >= 4 is 5.91 Å². The monoisotopic (exact) mass is 377 g/mol. The van der Waals surface area contributed by atoms with E-state index in [0.29, 0.717) is 18.9 Å². The summed E-state index contributed by atoms with van der Waals surface area (Å²) in [6.45, 7) is 6.59. The third kappa shape index (κ3) is 4.02. The Morgan fingerprint density at radius 1 is 0.889 bits per heavy atom. The van der Waals surface area contributed by atoms with Crippen molar-refractivity contribution in [2.45, 2.75) is 50.6 Å². The van der Waals surface area contributed by atoms with E-state index in [1.807, 2.05) is 0 Å². The van der Waals surface area contributed by atoms with E-state index < -0.39 is 11.6 Å². The van der Waals surface area contributed by atoms with E-state index in [2.05, 4.69) is 14.7 Å². The van der Waals surface area contributed by atoms with E-state index in [9.17, 15) is 13.6 Å². The van der Waals surface area contributed by atoms with Crippen molar-refractivity contribution < 1.29 is 13.6 Å². The minimum atomic E-state index is -0.797. The molecule has 27 heavy (non-hydrogen) atoms. The molecule has 0 bridgehead atoms. The highest BCUT2D eigenvalue weighted by Crippen LogP contribution is 2.39. The minimum Gasteiger partial charge on any atom is -0.336 e. The summed E-state index contributed by atoms with van der Waals surface area (Å²) < 4.78 is 26.6. The van der Waals surface area contributed by atoms with Crippen LogP contribution in [-0.4, -0.2) is 65.4 Å². The first-order chi connectivity index (χ1) is 13.1. The van der Waals surface area contributed by atoms with Gasteiger partial charge in [-0.3, -0.25) is 9.69 Å². The number of hydrogen-bond acceptors (Lipinski definition) is 3. The Morgan fingerprint density at radius 3 is 2.33 bits per heavy atom. The summed E-state index contributed by atoms with van der Waals surface area (Å²) in [5.74, 6) is -1.27. The summed E-state index contributed by atoms with van der Waals surface area (Å²) >= 11 is 0. The van der Waals surface area contributed by atoms with Crippen LogP contribution in [0.15, 0.2) is 18.2 Å². The van der Waals surface area contributed by atoms with E-state index in [0.717, 1.165) is 64.1 Å². The number of benzene rings is 1. The number of likely N-dealkylation sites (tertiary alicyclic amines) is 3. The molecule has 1 spiro atoms. The lowest BCUT2D eigenvalue weighted by Crippen LogP contribution is -2.54. The Labute approximate surface area is 160 Å². The molecule has 3 aliphatic heterocycles. The molecule has 3 aliphatic rings. The normalized spacial score (nSPS) is 23.6. The van der Waals surface area contributed by atoms with E-state index in [4.69, 9.17) is 0 Å². The average molecular weight is 377 g/mol. The van der Waals surface area contributed by atoms with Crippen LogP contribution < -0.4 is 0 Å². The number of carbonyl (C=O) groups excluding carboxylic acids is 1. The molecule has 0 N–H and O–H groups in total. The van der Waals surface area contributed by atoms with Gasteiger partial charge in [-0.15, -0.1) is 0 Å². The third-order valence-electron chi connectivity index (χ3n) is 6.69. The quantitative estimate of drug-likeness (QED) is 0.789. The standard InChI is InChI=1S/C21H29F2N3O/c22-18-4-3-17(15-19(18)23)16-25-11-7-21(8-12-25)6-5-20(27)26(21)14-13-24-9-1-2-10-24/h3-4,15H,1-2,5-14,16H2. The molecule has 0 atom stereocenters. The van der Waals surface area contributed by atoms with Crippen LogP contribution in [-0.2, 0) is 11.3 Å². The highest BCUT2D eigenvalue weighted by Gasteiger charge is 2.46. The van der Waals surface area contributed by atoms with Gasteiger partial charge in [-0.05, 0) is 62.9 Å². The fourth-order valence-electron chi connectivity index (χ4n) is 5.03. The second kappa shape index (κ2) is 7.84. The minimum absolute atomic E-state index is 0.0152. The van der Waals surface area contributed by atoms with Gasteiger partial charge in [0.15, 0.2) is 11.6 Å². The Bertz CT molecular complexity index is 682. The number of rotatable bonds is 5. The lowest BCUT2D eigenvalue weighted by atomic mass is 9.84. The Morgan fingerprint density at radius 2 is 1.63 bits per heavy atom. The van der Waals surface area contributed by atoms with E-state index in [1.54, 1.807) is 6.07 Å². The van der Waals surface area contributed by atoms with Gasteiger partial charge in [-0.25, -0.2) is 8.78 Å². The van der Waals surface area contributed by atoms with Gasteiger partial charge >= 0.3 is 0 Å². The first-order valence-electron chi connectivity index (χ1n) is 10.2. The summed E-state index contributed by atoms with van der Waals surface area (Å²) in [7, 11) is 0. The molecule has 0 unspecified atom stereocenters. The summed E-state index contributed by atoms with van der Waals surface area (Å²) in [6.07, 6.45) is 6.13. The molecule has 0 aromatic heterocycles. The zero-order valence-electron chi connectivity index (χ0n) is 15.9. The first-order valence-corrected chi connectivity index (χ1v) is 10.2. The number of carbonyl (C=O) groups is 1. The summed E-state index contributed by atoms with van der Waals surface area (Å²) in [5.41, 5.74) is 0.819. The maximum atomic E-state index is 13.4. The Balaban J connectivity index is 1.34. The lowest BCUT2D eigenvalue weighted by molar-refractivity contribution is -0.132. The fourth-order valence-corrected chi connectivity index (χ4v) is 5.03. The molecule has 1 aromatic carbocycles. The largest absolute Gasteiger partial charge is 0.336 e. The fraction of sp³-hybridized carbons (Fsp3) is 0.667. The number of hydrogen-bond donors (Lipinski definition) is 0. The number of halogens is 2. The van der Waals surface area contributed by atoms with Gasteiger partial charge in [0.25, 0.3) is 0 Å². The van der Waals surface area contributed by atoms with Crippen LogP contribution in [0.1, 0.15) is 44.1 Å². The van der Waals surface area contributed by atoms with Crippen LogP contribution in [0.3, 0.4) is 0 Å². The molecule has 3 saturated heterocycles. The lowest BCUT2D eigenvalue weighted by Gasteiger charge is -2.45. The van der Waals surface area contributed by atoms with Crippen molar-refractivity contribution in [3.8, 4) is 0 Å². The van der Waals surface area contributed by atoms with E-state index in [-0.39, 0.29) is 5.54 Å². The molecule has 0 radical (unpaired) electrons. The van der Waals surface area contributed by atoms with Crippen LogP contribution in [0.5, 0.6) is 0 Å². The smallest absolute Gasteiger partial charge is 0.223 e. The predicted molar refractivity (Wildman–Crippen MR) is 100 cm³/mol. The van der Waals surface area contributed by atoms with Crippen LogP contribution in [0.2, 0.25) is 0 Å². The number of amides is 1. The molecule has 148 valence electrons. The summed E-state index contributed by atoms with van der Waals surface area (Å²) in [6, 6.07) is 4.15. The zero-order chi connectivity index (χ0) is 18.9. The van der Waals surface area contributed by atoms with Crippen molar-refractivity contribution in [1.82, 2.24) is 14.7 Å². The zero-order valence-corrected chi connectivity index (χ0v) is 15.9. The van der Waals surface area contributed by atoms with Gasteiger partial charge in [-0.2, -0.15) is 0 Å². The van der Waals surface area contributed by atoms with Gasteiger partial charge in [0, 0.05) is 44.7 Å². The van der Waals surface area contributed by atoms with Crippen molar-refractivity contribution in [3.05, 3.63) is 35.4 Å². The molecule has 0 aliphatic carbocycles. The van der Waals surface area contributed by atoms with Crippen LogP contribution in [0.25, 0.3) is 0 Å². The average Bonchev–Trinajstić information content (AvgIpc) is 3.28. The highest BCUT2D eigenvalue weighted by molar-refractivity contribution is 5.79. The van der Waals surface area contributed by atoms with Gasteiger partial charge in [0.1, 0.15) is 0 Å². The molecular weight excluding hydrogens is 348 g/mol. The predicted octanol–water partition coefficient (Wildman–Crippen LogP) is 3.02. The van der Waals surface area contributed by atoms with E-state index >= 15 is 0 Å². The second-order valence-corrected chi connectivity index (χ2v) is 8.34. The highest BCUT2D eigenvalue weighted by atomic mass is 19.2. The molecule has 4 nitrogen and oxygen atoms in total. The topological polar surface area (TPSA) is 26.8 Å². The van der Waals surface area contributed by atoms with Crippen molar-refractivity contribution in [1.29, 1.82) is 0 Å². The maximum absolute atomic E-state index is 13.4. The Hall–Kier alpha value is -1.53. The van der Waals surface area contributed by atoms with Crippen LogP contribution in [0, 0.1) is 11.6 Å². The molecule has 3 fully saturated rings. The molecule has 3 heterocycles. The van der Waals surface area contributed by atoms with Gasteiger partial charge in [0.2, 0.25) is 5.91 Å². The van der Waals surface area contributed by atoms with Crippen molar-refractivity contribution in [2.24, 2.45) is 0 Å². The molecule has 1 amide bonds. The third-order valence-corrected chi connectivity index (χ3v) is 6.69. The van der Waals surface area contributed by atoms with Crippen LogP contribution >= 0.6 is 0 Å². The maximum Gasteiger partial charge on any atom is 0.223 e. The summed E-state index contributed by atoms with van der Waals surface area (Å²) in [4.78, 5) is 19.4. The SMILES string of the molecule is O=C1CCC2(CCN(Cc3ccc(F)c(F)c3)CC2)N1CCN1CCCC1. The summed E-state index contributed by atoms with van der Waals surface area (Å²) in [5, 5.41) is 0. The van der Waals surface area contributed by atoms with E-state index in [1.165, 1.54) is 25.0 Å². The Kier molecular flexibility index (Phi) is 5.46.